The van der Waals surface area contributed by atoms with Crippen molar-refractivity contribution >= 4 is 29.1 Å². The molecule has 2 aromatic rings. The van der Waals surface area contributed by atoms with Crippen molar-refractivity contribution in [2.75, 3.05) is 11.2 Å². The molecule has 0 unspecified atom stereocenters. The molecular weight excluding hydrogens is 230 g/mol. The molecule has 0 saturated heterocycles. The minimum absolute atomic E-state index is 0.546. The van der Waals surface area contributed by atoms with Crippen LogP contribution in [-0.2, 0) is 0 Å². The first kappa shape index (κ1) is 11.7. The Kier molecular flexibility index (Phi) is 4.23. The average molecular weight is 244 g/mol. The Bertz CT molecular complexity index is 474. The van der Waals surface area contributed by atoms with Gasteiger partial charge in [0, 0.05) is 17.3 Å². The lowest BCUT2D eigenvalue weighted by Gasteiger charge is -2.06. The Morgan fingerprint density at radius 2 is 1.53 bits per heavy atom. The van der Waals surface area contributed by atoms with Crippen molar-refractivity contribution in [3.05, 3.63) is 66.2 Å². The van der Waals surface area contributed by atoms with Gasteiger partial charge in [0.1, 0.15) is 0 Å². The third-order valence-electron chi connectivity index (χ3n) is 2.37. The lowest BCUT2D eigenvalue weighted by Crippen LogP contribution is -1.89. The smallest absolute Gasteiger partial charge is 0.0407 e. The monoisotopic (exact) mass is 243 g/mol. The molecule has 2 aromatic carbocycles. The van der Waals surface area contributed by atoms with Crippen LogP contribution in [0.15, 0.2) is 60.7 Å². The van der Waals surface area contributed by atoms with Crippen LogP contribution in [0, 0.1) is 0 Å². The van der Waals surface area contributed by atoms with Crippen LogP contribution in [0.5, 0.6) is 0 Å². The number of hydrogen-bond donors (Lipinski definition) is 1. The minimum Gasteiger partial charge on any atom is -0.356 e. The molecule has 1 nitrogen and oxygen atoms in total. The van der Waals surface area contributed by atoms with Gasteiger partial charge in [-0.05, 0) is 29.8 Å². The van der Waals surface area contributed by atoms with Crippen LogP contribution in [0.4, 0.5) is 11.4 Å². The summed E-state index contributed by atoms with van der Waals surface area (Å²) >= 11 is 5.59. The van der Waals surface area contributed by atoms with E-state index in [1.54, 1.807) is 0 Å². The Hall–Kier alpha value is -1.73. The topological polar surface area (TPSA) is 12.0 Å². The summed E-state index contributed by atoms with van der Waals surface area (Å²) in [6.07, 6.45) is 3.94. The first-order valence-corrected chi connectivity index (χ1v) is 6.06. The van der Waals surface area contributed by atoms with E-state index in [1.807, 2.05) is 42.5 Å². The highest BCUT2D eigenvalue weighted by Crippen LogP contribution is 2.17. The summed E-state index contributed by atoms with van der Waals surface area (Å²) in [5.41, 5.74) is 3.33. The molecule has 0 aliphatic carbocycles. The van der Waals surface area contributed by atoms with Crippen molar-refractivity contribution in [1.29, 1.82) is 0 Å². The lowest BCUT2D eigenvalue weighted by molar-refractivity contribution is 1.54. The van der Waals surface area contributed by atoms with Crippen molar-refractivity contribution in [2.24, 2.45) is 0 Å². The summed E-state index contributed by atoms with van der Waals surface area (Å²) in [5, 5.41) is 3.34. The van der Waals surface area contributed by atoms with Crippen LogP contribution in [-0.4, -0.2) is 5.88 Å². The number of alkyl halides is 1. The quantitative estimate of drug-likeness (QED) is 0.769. The molecule has 0 saturated carbocycles. The SMILES string of the molecule is ClCC=Cc1ccc(Nc2ccccc2)cc1. The number of anilines is 2. The van der Waals surface area contributed by atoms with Crippen LogP contribution in [0.3, 0.4) is 0 Å². The molecule has 0 fully saturated rings. The summed E-state index contributed by atoms with van der Waals surface area (Å²) < 4.78 is 0. The Morgan fingerprint density at radius 1 is 0.882 bits per heavy atom. The van der Waals surface area contributed by atoms with Gasteiger partial charge in [0.2, 0.25) is 0 Å². The maximum atomic E-state index is 5.59. The van der Waals surface area contributed by atoms with E-state index < -0.39 is 0 Å². The molecule has 1 N–H and O–H groups in total. The van der Waals surface area contributed by atoms with E-state index in [9.17, 15) is 0 Å². The van der Waals surface area contributed by atoms with E-state index in [-0.39, 0.29) is 0 Å². The molecule has 0 aliphatic rings. The standard InChI is InChI=1S/C15H14ClN/c16-12-4-5-13-8-10-15(11-9-13)17-14-6-2-1-3-7-14/h1-11,17H,12H2. The number of benzene rings is 2. The second-order valence-corrected chi connectivity index (χ2v) is 3.98. The van der Waals surface area contributed by atoms with Crippen molar-refractivity contribution in [1.82, 2.24) is 0 Å². The Morgan fingerprint density at radius 3 is 2.18 bits per heavy atom. The van der Waals surface area contributed by atoms with Gasteiger partial charge in [0.25, 0.3) is 0 Å². The maximum Gasteiger partial charge on any atom is 0.0407 e. The number of rotatable bonds is 4. The van der Waals surface area contributed by atoms with E-state index in [2.05, 4.69) is 29.6 Å². The van der Waals surface area contributed by atoms with E-state index in [0.29, 0.717) is 5.88 Å². The van der Waals surface area contributed by atoms with Gasteiger partial charge < -0.3 is 5.32 Å². The van der Waals surface area contributed by atoms with Gasteiger partial charge in [0.15, 0.2) is 0 Å². The Balaban J connectivity index is 2.06. The number of allylic oxidation sites excluding steroid dienone is 1. The van der Waals surface area contributed by atoms with E-state index in [1.165, 1.54) is 0 Å². The summed E-state index contributed by atoms with van der Waals surface area (Å²) in [6.45, 7) is 0. The molecular formula is C15H14ClN. The summed E-state index contributed by atoms with van der Waals surface area (Å²) in [7, 11) is 0. The van der Waals surface area contributed by atoms with Crippen molar-refractivity contribution in [3.63, 3.8) is 0 Å². The summed E-state index contributed by atoms with van der Waals surface area (Å²) in [5.74, 6) is 0.546. The Labute approximate surface area is 107 Å². The largest absolute Gasteiger partial charge is 0.356 e. The molecule has 86 valence electrons. The molecule has 0 bridgehead atoms. The van der Waals surface area contributed by atoms with Gasteiger partial charge in [0.05, 0.1) is 0 Å². The third kappa shape index (κ3) is 3.65. The fraction of sp³-hybridized carbons (Fsp3) is 0.0667. The van der Waals surface area contributed by atoms with Gasteiger partial charge in [-0.1, -0.05) is 42.5 Å². The van der Waals surface area contributed by atoms with Crippen LogP contribution < -0.4 is 5.32 Å². The van der Waals surface area contributed by atoms with Crippen molar-refractivity contribution in [3.8, 4) is 0 Å². The van der Waals surface area contributed by atoms with Gasteiger partial charge in [-0.3, -0.25) is 0 Å². The van der Waals surface area contributed by atoms with Gasteiger partial charge in [-0.2, -0.15) is 0 Å². The van der Waals surface area contributed by atoms with E-state index in [4.69, 9.17) is 11.6 Å². The number of nitrogens with one attached hydrogen (secondary N) is 1. The zero-order valence-corrected chi connectivity index (χ0v) is 10.2. The van der Waals surface area contributed by atoms with Crippen LogP contribution in [0.25, 0.3) is 6.08 Å². The molecule has 2 heteroatoms. The molecule has 0 aliphatic heterocycles. The first-order chi connectivity index (χ1) is 8.38. The van der Waals surface area contributed by atoms with Crippen molar-refractivity contribution in [2.45, 2.75) is 0 Å². The zero-order valence-electron chi connectivity index (χ0n) is 9.44. The van der Waals surface area contributed by atoms with Gasteiger partial charge in [-0.15, -0.1) is 11.6 Å². The molecule has 0 spiro atoms. The summed E-state index contributed by atoms with van der Waals surface area (Å²) in [6, 6.07) is 18.4. The van der Waals surface area contributed by atoms with Crippen LogP contribution in [0.1, 0.15) is 5.56 Å². The van der Waals surface area contributed by atoms with Gasteiger partial charge in [-0.25, -0.2) is 0 Å². The normalized spacial score (nSPS) is 10.6. The second kappa shape index (κ2) is 6.12. The molecule has 0 heterocycles. The highest BCUT2D eigenvalue weighted by atomic mass is 35.5. The molecule has 0 amide bonds. The minimum atomic E-state index is 0.546. The summed E-state index contributed by atoms with van der Waals surface area (Å²) in [4.78, 5) is 0. The predicted molar refractivity (Wildman–Crippen MR) is 75.9 cm³/mol. The van der Waals surface area contributed by atoms with Crippen LogP contribution in [0.2, 0.25) is 0 Å². The van der Waals surface area contributed by atoms with Crippen LogP contribution >= 0.6 is 11.6 Å². The highest BCUT2D eigenvalue weighted by Gasteiger charge is 1.93. The second-order valence-electron chi connectivity index (χ2n) is 3.67. The predicted octanol–water partition coefficient (Wildman–Crippen LogP) is 4.68. The van der Waals surface area contributed by atoms with Gasteiger partial charge >= 0.3 is 0 Å². The number of halogens is 1. The zero-order chi connectivity index (χ0) is 11.9. The third-order valence-corrected chi connectivity index (χ3v) is 2.55. The highest BCUT2D eigenvalue weighted by molar-refractivity contribution is 6.19. The lowest BCUT2D eigenvalue weighted by atomic mass is 10.2. The maximum absolute atomic E-state index is 5.59. The molecule has 17 heavy (non-hydrogen) atoms. The fourth-order valence-electron chi connectivity index (χ4n) is 1.55. The number of hydrogen-bond acceptors (Lipinski definition) is 1. The fourth-order valence-corrected chi connectivity index (χ4v) is 1.64. The van der Waals surface area contributed by atoms with E-state index in [0.717, 1.165) is 16.9 Å². The molecule has 2 rings (SSSR count). The number of para-hydroxylation sites is 1. The average Bonchev–Trinajstić information content (AvgIpc) is 2.39. The molecule has 0 radical (unpaired) electrons. The van der Waals surface area contributed by atoms with Crippen molar-refractivity contribution < 1.29 is 0 Å². The first-order valence-electron chi connectivity index (χ1n) is 5.53. The molecule has 0 aromatic heterocycles. The molecule has 0 atom stereocenters. The van der Waals surface area contributed by atoms with E-state index >= 15 is 0 Å².